The molecule has 1 aromatic heterocycles. The quantitative estimate of drug-likeness (QED) is 0.687. The lowest BCUT2D eigenvalue weighted by Crippen LogP contribution is -2.05. The topological polar surface area (TPSA) is 94.9 Å². The molecule has 0 atom stereocenters. The molecule has 2 aromatic rings. The van der Waals surface area contributed by atoms with E-state index in [1.54, 1.807) is 12.1 Å². The number of hydrogen-bond donors (Lipinski definition) is 1. The van der Waals surface area contributed by atoms with Crippen LogP contribution in [-0.4, -0.2) is 14.9 Å². The molecule has 0 aliphatic heterocycles. The Morgan fingerprint density at radius 3 is 2.24 bits per heavy atom. The van der Waals surface area contributed by atoms with Crippen LogP contribution in [0, 0.1) is 41.7 Å². The summed E-state index contributed by atoms with van der Waals surface area (Å²) in [5, 5.41) is 10.7. The van der Waals surface area contributed by atoms with Crippen molar-refractivity contribution < 1.29 is 4.92 Å². The van der Waals surface area contributed by atoms with E-state index < -0.39 is 4.92 Å². The molecule has 6 heteroatoms. The van der Waals surface area contributed by atoms with Crippen molar-refractivity contribution >= 4 is 11.6 Å². The largest absolute Gasteiger partial charge is 0.368 e. The zero-order chi connectivity index (χ0) is 14.8. The third kappa shape index (κ3) is 2.84. The predicted octanol–water partition coefficient (Wildman–Crippen LogP) is 2.39. The Morgan fingerprint density at radius 1 is 1.00 bits per heavy atom. The molecule has 3 rings (SSSR count). The molecule has 1 fully saturated rings. The van der Waals surface area contributed by atoms with Gasteiger partial charge in [-0.25, -0.2) is 9.97 Å². The van der Waals surface area contributed by atoms with Crippen LogP contribution in [0.1, 0.15) is 5.69 Å². The minimum atomic E-state index is -0.437. The van der Waals surface area contributed by atoms with Crippen molar-refractivity contribution in [2.75, 3.05) is 5.73 Å². The predicted molar refractivity (Wildman–Crippen MR) is 78.1 cm³/mol. The molecule has 1 aliphatic rings. The van der Waals surface area contributed by atoms with Crippen LogP contribution in [0.25, 0.3) is 11.3 Å². The molecule has 5 radical (unpaired) electrons. The van der Waals surface area contributed by atoms with Gasteiger partial charge in [0.2, 0.25) is 5.95 Å². The first kappa shape index (κ1) is 13.5. The standard InChI is InChI=1S/C15H11N4O2/c16-15-17-13(10-3-1-2-4-10)9-14(18-15)11-5-7-12(8-6-11)19(20)21/h1-9H,(H2,16,17,18). The summed E-state index contributed by atoms with van der Waals surface area (Å²) in [5.74, 6) is 1.12. The van der Waals surface area contributed by atoms with Crippen molar-refractivity contribution in [3.05, 3.63) is 77.7 Å². The lowest BCUT2D eigenvalue weighted by atomic mass is 10.0. The summed E-state index contributed by atoms with van der Waals surface area (Å²) in [7, 11) is 0. The molecular weight excluding hydrogens is 268 g/mol. The van der Waals surface area contributed by atoms with Crippen LogP contribution >= 0.6 is 0 Å². The number of nitrogens with two attached hydrogens (primary N) is 1. The van der Waals surface area contributed by atoms with E-state index >= 15 is 0 Å². The van der Waals surface area contributed by atoms with Crippen molar-refractivity contribution in [2.45, 2.75) is 0 Å². The number of nitrogen functional groups attached to an aromatic ring is 1. The maximum Gasteiger partial charge on any atom is 0.269 e. The summed E-state index contributed by atoms with van der Waals surface area (Å²) in [6.45, 7) is 0. The van der Waals surface area contributed by atoms with Gasteiger partial charge >= 0.3 is 0 Å². The molecule has 1 aromatic carbocycles. The fourth-order valence-corrected chi connectivity index (χ4v) is 2.06. The van der Waals surface area contributed by atoms with Crippen LogP contribution in [0.4, 0.5) is 11.6 Å². The third-order valence-electron chi connectivity index (χ3n) is 3.08. The first-order chi connectivity index (χ1) is 10.1. The van der Waals surface area contributed by atoms with E-state index in [-0.39, 0.29) is 11.6 Å². The Morgan fingerprint density at radius 2 is 1.62 bits per heavy atom. The van der Waals surface area contributed by atoms with Gasteiger partial charge in [-0.15, -0.1) is 0 Å². The summed E-state index contributed by atoms with van der Waals surface area (Å²) < 4.78 is 0. The molecule has 1 saturated carbocycles. The van der Waals surface area contributed by atoms with Crippen LogP contribution < -0.4 is 5.73 Å². The zero-order valence-electron chi connectivity index (χ0n) is 10.9. The Hall–Kier alpha value is -2.50. The highest BCUT2D eigenvalue weighted by Crippen LogP contribution is 2.31. The summed E-state index contributed by atoms with van der Waals surface area (Å²) >= 11 is 0. The Bertz CT molecular complexity index is 664. The average molecular weight is 279 g/mol. The van der Waals surface area contributed by atoms with E-state index in [0.29, 0.717) is 5.69 Å². The molecule has 1 heterocycles. The Balaban J connectivity index is 1.95. The van der Waals surface area contributed by atoms with E-state index in [0.717, 1.165) is 17.2 Å². The second-order valence-corrected chi connectivity index (χ2v) is 4.47. The number of aromatic nitrogens is 2. The summed E-state index contributed by atoms with van der Waals surface area (Å²) in [6, 6.07) is 7.99. The van der Waals surface area contributed by atoms with Gasteiger partial charge in [0.25, 0.3) is 5.69 Å². The molecule has 103 valence electrons. The van der Waals surface area contributed by atoms with Crippen LogP contribution in [-0.2, 0) is 0 Å². The van der Waals surface area contributed by atoms with Gasteiger partial charge in [0.15, 0.2) is 0 Å². The lowest BCUT2D eigenvalue weighted by molar-refractivity contribution is -0.384. The maximum atomic E-state index is 10.7. The number of anilines is 1. The number of nitro benzene ring substituents is 1. The van der Waals surface area contributed by atoms with Gasteiger partial charge in [-0.05, 0) is 43.9 Å². The van der Waals surface area contributed by atoms with Crippen LogP contribution in [0.5, 0.6) is 0 Å². The Labute approximate surface area is 122 Å². The van der Waals surface area contributed by atoms with Crippen molar-refractivity contribution in [2.24, 2.45) is 0 Å². The molecule has 0 bridgehead atoms. The molecule has 1 aliphatic carbocycles. The van der Waals surface area contributed by atoms with Crippen molar-refractivity contribution in [1.82, 2.24) is 9.97 Å². The van der Waals surface area contributed by atoms with Gasteiger partial charge in [-0.1, -0.05) is 0 Å². The smallest absolute Gasteiger partial charge is 0.269 e. The van der Waals surface area contributed by atoms with Crippen molar-refractivity contribution in [3.63, 3.8) is 0 Å². The molecule has 6 nitrogen and oxygen atoms in total. The zero-order valence-corrected chi connectivity index (χ0v) is 10.9. The number of nitrogens with zero attached hydrogens (tertiary/aromatic N) is 3. The first-order valence-corrected chi connectivity index (χ1v) is 6.25. The second-order valence-electron chi connectivity index (χ2n) is 4.47. The van der Waals surface area contributed by atoms with Crippen LogP contribution in [0.2, 0.25) is 0 Å². The molecular formula is C15H11N4O2. The number of nitro groups is 1. The summed E-state index contributed by atoms with van der Waals surface area (Å²) in [6.07, 6.45) is 7.70. The first-order valence-electron chi connectivity index (χ1n) is 6.25. The van der Waals surface area contributed by atoms with Crippen molar-refractivity contribution in [1.29, 1.82) is 0 Å². The molecule has 21 heavy (non-hydrogen) atoms. The SMILES string of the molecule is Nc1nc([C]2[CH][CH][CH][CH]2)cc(-c2ccc([N+](=O)[O-])cc2)n1. The van der Waals surface area contributed by atoms with E-state index in [2.05, 4.69) is 9.97 Å². The fourth-order valence-electron chi connectivity index (χ4n) is 2.06. The van der Waals surface area contributed by atoms with Crippen LogP contribution in [0.15, 0.2) is 30.3 Å². The van der Waals surface area contributed by atoms with Gasteiger partial charge in [0.1, 0.15) is 0 Å². The average Bonchev–Trinajstić information content (AvgIpc) is 3.01. The molecule has 0 unspecified atom stereocenters. The number of benzene rings is 1. The highest BCUT2D eigenvalue weighted by molar-refractivity contribution is 5.64. The van der Waals surface area contributed by atoms with Gasteiger partial charge < -0.3 is 5.73 Å². The van der Waals surface area contributed by atoms with Gasteiger partial charge in [0.05, 0.1) is 16.3 Å². The monoisotopic (exact) mass is 279 g/mol. The van der Waals surface area contributed by atoms with Gasteiger partial charge in [-0.2, -0.15) is 0 Å². The molecule has 0 saturated heterocycles. The lowest BCUT2D eigenvalue weighted by Gasteiger charge is -2.10. The second kappa shape index (κ2) is 5.47. The maximum absolute atomic E-state index is 10.7. The molecule has 2 N–H and O–H groups in total. The minimum Gasteiger partial charge on any atom is -0.368 e. The molecule has 0 amide bonds. The minimum absolute atomic E-state index is 0.0389. The highest BCUT2D eigenvalue weighted by Gasteiger charge is 2.21. The third-order valence-corrected chi connectivity index (χ3v) is 3.08. The van der Waals surface area contributed by atoms with Crippen molar-refractivity contribution in [3.8, 4) is 11.3 Å². The van der Waals surface area contributed by atoms with E-state index in [9.17, 15) is 10.1 Å². The summed E-state index contributed by atoms with van der Waals surface area (Å²) in [4.78, 5) is 18.6. The number of rotatable bonds is 3. The number of hydrogen-bond acceptors (Lipinski definition) is 5. The number of non-ortho nitro benzene ring substituents is 1. The van der Waals surface area contributed by atoms with Gasteiger partial charge in [-0.3, -0.25) is 10.1 Å². The van der Waals surface area contributed by atoms with Crippen LogP contribution in [0.3, 0.4) is 0 Å². The normalized spacial score (nSPS) is 15.2. The van der Waals surface area contributed by atoms with Gasteiger partial charge in [0, 0.05) is 23.6 Å². The Kier molecular flexibility index (Phi) is 3.51. The van der Waals surface area contributed by atoms with E-state index in [1.807, 2.05) is 31.7 Å². The summed E-state index contributed by atoms with van der Waals surface area (Å²) in [5.41, 5.74) is 7.90. The van der Waals surface area contributed by atoms with E-state index in [4.69, 9.17) is 5.73 Å². The van der Waals surface area contributed by atoms with E-state index in [1.165, 1.54) is 12.1 Å². The fraction of sp³-hybridized carbons (Fsp3) is 0. The highest BCUT2D eigenvalue weighted by atomic mass is 16.6. The molecule has 0 spiro atoms.